The smallest absolute Gasteiger partial charge is 0.374 e. The Balaban J connectivity index is 1.94. The third kappa shape index (κ3) is 2.13. The van der Waals surface area contributed by atoms with Crippen LogP contribution in [0, 0.1) is 6.92 Å². The number of fused-ring (bicyclic) bond motifs is 1. The Labute approximate surface area is 117 Å². The van der Waals surface area contributed by atoms with Gasteiger partial charge in [-0.1, -0.05) is 0 Å². The molecule has 0 bridgehead atoms. The van der Waals surface area contributed by atoms with Crippen molar-refractivity contribution in [2.45, 2.75) is 39.2 Å². The Kier molecular flexibility index (Phi) is 3.34. The minimum absolute atomic E-state index is 0.283. The van der Waals surface area contributed by atoms with Gasteiger partial charge in [0.05, 0.1) is 25.6 Å². The van der Waals surface area contributed by atoms with Crippen LogP contribution in [0.2, 0.25) is 0 Å². The Bertz CT molecular complexity index is 640. The molecular formula is C15H18N2O3. The van der Waals surface area contributed by atoms with Crippen LogP contribution in [-0.4, -0.2) is 22.6 Å². The minimum Gasteiger partial charge on any atom is -0.463 e. The maximum atomic E-state index is 11.7. The Hall–Kier alpha value is -2.04. The summed E-state index contributed by atoms with van der Waals surface area (Å²) in [7, 11) is 1.36. The summed E-state index contributed by atoms with van der Waals surface area (Å²) < 4.78 is 12.2. The second-order valence-electron chi connectivity index (χ2n) is 5.11. The number of nitrogens with zero attached hydrogens (tertiary/aromatic N) is 2. The molecule has 2 aromatic rings. The summed E-state index contributed by atoms with van der Waals surface area (Å²) in [4.78, 5) is 16.3. The zero-order valence-corrected chi connectivity index (χ0v) is 11.8. The average molecular weight is 274 g/mol. The maximum Gasteiger partial charge on any atom is 0.374 e. The van der Waals surface area contributed by atoms with E-state index in [4.69, 9.17) is 9.15 Å². The van der Waals surface area contributed by atoms with E-state index in [0.29, 0.717) is 6.54 Å². The first kappa shape index (κ1) is 13.0. The molecule has 20 heavy (non-hydrogen) atoms. The molecule has 1 aliphatic rings. The van der Waals surface area contributed by atoms with Gasteiger partial charge < -0.3 is 13.7 Å². The zero-order valence-electron chi connectivity index (χ0n) is 11.8. The van der Waals surface area contributed by atoms with Gasteiger partial charge in [0.2, 0.25) is 5.76 Å². The Morgan fingerprint density at radius 1 is 1.45 bits per heavy atom. The van der Waals surface area contributed by atoms with Crippen LogP contribution in [0.15, 0.2) is 16.7 Å². The molecule has 0 spiro atoms. The zero-order chi connectivity index (χ0) is 14.1. The Morgan fingerprint density at radius 2 is 2.25 bits per heavy atom. The fraction of sp³-hybridized carbons (Fsp3) is 0.467. The van der Waals surface area contributed by atoms with Gasteiger partial charge in [-0.3, -0.25) is 0 Å². The van der Waals surface area contributed by atoms with Crippen molar-refractivity contribution in [3.8, 4) is 0 Å². The van der Waals surface area contributed by atoms with Gasteiger partial charge in [-0.15, -0.1) is 0 Å². The first-order chi connectivity index (χ1) is 9.70. The van der Waals surface area contributed by atoms with Crippen LogP contribution in [0.3, 0.4) is 0 Å². The van der Waals surface area contributed by atoms with Crippen molar-refractivity contribution in [2.24, 2.45) is 0 Å². The molecule has 0 N–H and O–H groups in total. The highest BCUT2D eigenvalue weighted by molar-refractivity contribution is 5.87. The van der Waals surface area contributed by atoms with Crippen LogP contribution >= 0.6 is 0 Å². The number of ether oxygens (including phenoxy) is 1. The second kappa shape index (κ2) is 5.15. The molecule has 0 atom stereocenters. The van der Waals surface area contributed by atoms with Gasteiger partial charge in [0.1, 0.15) is 5.82 Å². The van der Waals surface area contributed by atoms with E-state index in [0.717, 1.165) is 24.2 Å². The Morgan fingerprint density at radius 3 is 3.05 bits per heavy atom. The quantitative estimate of drug-likeness (QED) is 0.807. The molecule has 0 saturated carbocycles. The maximum absolute atomic E-state index is 11.7. The lowest BCUT2D eigenvalue weighted by Crippen LogP contribution is -2.12. The average Bonchev–Trinajstić information content (AvgIpc) is 3.04. The van der Waals surface area contributed by atoms with Gasteiger partial charge >= 0.3 is 5.97 Å². The van der Waals surface area contributed by atoms with Crippen LogP contribution in [0.1, 0.15) is 46.2 Å². The summed E-state index contributed by atoms with van der Waals surface area (Å²) in [5.41, 5.74) is 3.34. The van der Waals surface area contributed by atoms with Crippen molar-refractivity contribution in [1.82, 2.24) is 9.55 Å². The van der Waals surface area contributed by atoms with Crippen molar-refractivity contribution in [3.05, 3.63) is 40.9 Å². The number of methoxy groups -OCH3 is 1. The van der Waals surface area contributed by atoms with E-state index in [-0.39, 0.29) is 5.76 Å². The molecule has 5 heteroatoms. The molecule has 0 radical (unpaired) electrons. The number of aromatic nitrogens is 2. The van der Waals surface area contributed by atoms with Gasteiger partial charge in [-0.25, -0.2) is 9.78 Å². The van der Waals surface area contributed by atoms with Gasteiger partial charge in [-0.2, -0.15) is 0 Å². The summed E-state index contributed by atoms with van der Waals surface area (Å²) in [5, 5.41) is 0. The number of carbonyl (C=O) groups excluding carboxylic acids is 1. The number of imidazole rings is 1. The molecule has 2 heterocycles. The number of esters is 1. The number of rotatable bonds is 3. The molecule has 5 nitrogen and oxygen atoms in total. The highest BCUT2D eigenvalue weighted by Gasteiger charge is 2.21. The molecule has 3 rings (SSSR count). The number of hydrogen-bond donors (Lipinski definition) is 0. The number of hydrogen-bond acceptors (Lipinski definition) is 4. The van der Waals surface area contributed by atoms with Crippen LogP contribution in [-0.2, 0) is 24.1 Å². The molecule has 0 aromatic carbocycles. The van der Waals surface area contributed by atoms with E-state index in [9.17, 15) is 4.79 Å². The van der Waals surface area contributed by atoms with Crippen molar-refractivity contribution in [2.75, 3.05) is 7.11 Å². The standard InChI is InChI=1S/C15H18N2O3/c1-10-16-12-5-3-4-6-13(12)17(10)9-11-7-8-20-14(11)15(18)19-2/h7-8H,3-6,9H2,1-2H3. The third-order valence-corrected chi connectivity index (χ3v) is 3.87. The fourth-order valence-corrected chi connectivity index (χ4v) is 2.85. The van der Waals surface area contributed by atoms with Crippen molar-refractivity contribution in [3.63, 3.8) is 0 Å². The number of furan rings is 1. The summed E-state index contributed by atoms with van der Waals surface area (Å²) in [6, 6.07) is 1.82. The number of carbonyl (C=O) groups is 1. The SMILES string of the molecule is COC(=O)c1occc1Cn1c(C)nc2c1CCCC2. The van der Waals surface area contributed by atoms with Crippen LogP contribution in [0.4, 0.5) is 0 Å². The second-order valence-corrected chi connectivity index (χ2v) is 5.11. The van der Waals surface area contributed by atoms with E-state index in [2.05, 4.69) is 9.55 Å². The highest BCUT2D eigenvalue weighted by atomic mass is 16.5. The van der Waals surface area contributed by atoms with Crippen LogP contribution in [0.25, 0.3) is 0 Å². The van der Waals surface area contributed by atoms with E-state index in [1.807, 2.05) is 13.0 Å². The molecule has 0 unspecified atom stereocenters. The van der Waals surface area contributed by atoms with Crippen molar-refractivity contribution in [1.29, 1.82) is 0 Å². The molecule has 2 aromatic heterocycles. The summed E-state index contributed by atoms with van der Waals surface area (Å²) >= 11 is 0. The summed E-state index contributed by atoms with van der Waals surface area (Å²) in [6.45, 7) is 2.62. The first-order valence-electron chi connectivity index (χ1n) is 6.90. The normalized spacial score (nSPS) is 14.1. The van der Waals surface area contributed by atoms with Crippen LogP contribution < -0.4 is 0 Å². The molecule has 106 valence electrons. The molecular weight excluding hydrogens is 256 g/mol. The molecule has 0 saturated heterocycles. The third-order valence-electron chi connectivity index (χ3n) is 3.87. The lowest BCUT2D eigenvalue weighted by molar-refractivity contribution is 0.0563. The van der Waals surface area contributed by atoms with E-state index < -0.39 is 5.97 Å². The van der Waals surface area contributed by atoms with Gasteiger partial charge in [0.15, 0.2) is 0 Å². The summed E-state index contributed by atoms with van der Waals surface area (Å²) in [5.74, 6) is 0.843. The summed E-state index contributed by atoms with van der Waals surface area (Å²) in [6.07, 6.45) is 6.05. The highest BCUT2D eigenvalue weighted by Crippen LogP contribution is 2.24. The molecule has 0 aliphatic heterocycles. The molecule has 0 amide bonds. The van der Waals surface area contributed by atoms with E-state index in [1.165, 1.54) is 37.6 Å². The molecule has 1 aliphatic carbocycles. The van der Waals surface area contributed by atoms with Gasteiger partial charge in [0.25, 0.3) is 0 Å². The van der Waals surface area contributed by atoms with Gasteiger partial charge in [0, 0.05) is 11.3 Å². The monoisotopic (exact) mass is 274 g/mol. The lowest BCUT2D eigenvalue weighted by Gasteiger charge is -2.14. The van der Waals surface area contributed by atoms with E-state index in [1.54, 1.807) is 0 Å². The fourth-order valence-electron chi connectivity index (χ4n) is 2.85. The predicted molar refractivity (Wildman–Crippen MR) is 72.8 cm³/mol. The predicted octanol–water partition coefficient (Wildman–Crippen LogP) is 2.50. The lowest BCUT2D eigenvalue weighted by atomic mass is 10.0. The largest absolute Gasteiger partial charge is 0.463 e. The van der Waals surface area contributed by atoms with E-state index >= 15 is 0 Å². The van der Waals surface area contributed by atoms with Gasteiger partial charge in [-0.05, 0) is 38.7 Å². The first-order valence-corrected chi connectivity index (χ1v) is 6.90. The van der Waals surface area contributed by atoms with Crippen molar-refractivity contribution < 1.29 is 13.9 Å². The van der Waals surface area contributed by atoms with Crippen LogP contribution in [0.5, 0.6) is 0 Å². The van der Waals surface area contributed by atoms with Crippen molar-refractivity contribution >= 4 is 5.97 Å². The minimum atomic E-state index is -0.434. The molecule has 0 fully saturated rings. The topological polar surface area (TPSA) is 57.3 Å². The number of aryl methyl sites for hydroxylation is 2.